The number of anilines is 1. The minimum Gasteiger partial charge on any atom is -0.381 e. The van der Waals surface area contributed by atoms with Crippen LogP contribution in [-0.2, 0) is 10.4 Å². The normalized spacial score (nSPS) is 13.5. The lowest BCUT2D eigenvalue weighted by atomic mass is 9.87. The molecule has 2 aromatic carbocycles. The van der Waals surface area contributed by atoms with Crippen molar-refractivity contribution < 1.29 is 9.90 Å². The van der Waals surface area contributed by atoms with Crippen molar-refractivity contribution in [2.45, 2.75) is 12.5 Å². The summed E-state index contributed by atoms with van der Waals surface area (Å²) in [5, 5.41) is 11.0. The SMILES string of the molecule is CN(C(=O)CCl)c1ccccc1C(C)(O)c1ccccc1. The number of carbonyl (C=O) groups excluding carboxylic acids is 1. The lowest BCUT2D eigenvalue weighted by Crippen LogP contribution is -2.32. The molecule has 2 aromatic rings. The smallest absolute Gasteiger partial charge is 0.241 e. The molecule has 0 bridgehead atoms. The first-order chi connectivity index (χ1) is 9.98. The average Bonchev–Trinajstić information content (AvgIpc) is 2.54. The van der Waals surface area contributed by atoms with Crippen LogP contribution in [0.25, 0.3) is 0 Å². The molecule has 4 heteroatoms. The monoisotopic (exact) mass is 303 g/mol. The van der Waals surface area contributed by atoms with Crippen molar-refractivity contribution in [2.24, 2.45) is 0 Å². The van der Waals surface area contributed by atoms with Crippen molar-refractivity contribution in [1.82, 2.24) is 0 Å². The number of carbonyl (C=O) groups is 1. The fraction of sp³-hybridized carbons (Fsp3) is 0.235. The summed E-state index contributed by atoms with van der Waals surface area (Å²) >= 11 is 5.63. The van der Waals surface area contributed by atoms with Gasteiger partial charge in [-0.05, 0) is 18.6 Å². The van der Waals surface area contributed by atoms with Crippen LogP contribution in [0.15, 0.2) is 54.6 Å². The van der Waals surface area contributed by atoms with E-state index in [-0.39, 0.29) is 11.8 Å². The topological polar surface area (TPSA) is 40.5 Å². The molecule has 0 spiro atoms. The number of hydrogen-bond donors (Lipinski definition) is 1. The minimum absolute atomic E-state index is 0.0989. The Bertz CT molecular complexity index is 626. The van der Waals surface area contributed by atoms with E-state index < -0.39 is 5.60 Å². The van der Waals surface area contributed by atoms with Crippen LogP contribution in [0.1, 0.15) is 18.1 Å². The summed E-state index contributed by atoms with van der Waals surface area (Å²) in [5.41, 5.74) is 0.886. The Labute approximate surface area is 129 Å². The van der Waals surface area contributed by atoms with E-state index >= 15 is 0 Å². The molecule has 3 nitrogen and oxygen atoms in total. The van der Waals surface area contributed by atoms with Gasteiger partial charge in [0, 0.05) is 18.3 Å². The number of rotatable bonds is 4. The maximum absolute atomic E-state index is 11.8. The molecule has 0 aliphatic carbocycles. The molecule has 2 rings (SSSR count). The molecule has 0 aliphatic rings. The van der Waals surface area contributed by atoms with Crippen LogP contribution in [0.4, 0.5) is 5.69 Å². The number of para-hydroxylation sites is 1. The highest BCUT2D eigenvalue weighted by Crippen LogP contribution is 2.35. The Balaban J connectivity index is 2.52. The molecule has 110 valence electrons. The first-order valence-corrected chi connectivity index (χ1v) is 7.22. The van der Waals surface area contributed by atoms with Crippen LogP contribution >= 0.6 is 11.6 Å². The largest absolute Gasteiger partial charge is 0.381 e. The molecule has 0 heterocycles. The molecule has 0 aromatic heterocycles. The van der Waals surface area contributed by atoms with Gasteiger partial charge in [0.05, 0.1) is 0 Å². The third-order valence-corrected chi connectivity index (χ3v) is 3.84. The van der Waals surface area contributed by atoms with E-state index in [1.54, 1.807) is 20.0 Å². The van der Waals surface area contributed by atoms with Crippen LogP contribution in [0.2, 0.25) is 0 Å². The Morgan fingerprint density at radius 2 is 1.71 bits per heavy atom. The van der Waals surface area contributed by atoms with Crippen LogP contribution in [-0.4, -0.2) is 23.9 Å². The van der Waals surface area contributed by atoms with E-state index in [4.69, 9.17) is 11.6 Å². The molecular weight excluding hydrogens is 286 g/mol. The summed E-state index contributed by atoms with van der Waals surface area (Å²) in [6.45, 7) is 1.72. The van der Waals surface area contributed by atoms with E-state index in [1.165, 1.54) is 4.90 Å². The number of halogens is 1. The quantitative estimate of drug-likeness (QED) is 0.882. The molecule has 0 saturated carbocycles. The maximum atomic E-state index is 11.8. The molecule has 1 unspecified atom stereocenters. The van der Waals surface area contributed by atoms with Gasteiger partial charge in [-0.3, -0.25) is 4.79 Å². The van der Waals surface area contributed by atoms with Crippen molar-refractivity contribution in [2.75, 3.05) is 17.8 Å². The standard InChI is InChI=1S/C17H18ClNO2/c1-17(21,13-8-4-3-5-9-13)14-10-6-7-11-15(14)19(2)16(20)12-18/h3-11,21H,12H2,1-2H3. The van der Waals surface area contributed by atoms with Gasteiger partial charge in [0.1, 0.15) is 11.5 Å². The van der Waals surface area contributed by atoms with Gasteiger partial charge in [-0.1, -0.05) is 48.5 Å². The summed E-state index contributed by atoms with van der Waals surface area (Å²) in [7, 11) is 1.66. The molecule has 0 fully saturated rings. The van der Waals surface area contributed by atoms with Crippen molar-refractivity contribution in [1.29, 1.82) is 0 Å². The van der Waals surface area contributed by atoms with E-state index in [1.807, 2.05) is 48.5 Å². The molecule has 0 radical (unpaired) electrons. The fourth-order valence-corrected chi connectivity index (χ4v) is 2.50. The maximum Gasteiger partial charge on any atom is 0.241 e. The third kappa shape index (κ3) is 3.09. The predicted molar refractivity (Wildman–Crippen MR) is 85.7 cm³/mol. The molecule has 21 heavy (non-hydrogen) atoms. The second-order valence-corrected chi connectivity index (χ2v) is 5.31. The van der Waals surface area contributed by atoms with Crippen molar-refractivity contribution in [3.8, 4) is 0 Å². The number of amides is 1. The summed E-state index contributed by atoms with van der Waals surface area (Å²) < 4.78 is 0. The van der Waals surface area contributed by atoms with Gasteiger partial charge in [0.25, 0.3) is 0 Å². The van der Waals surface area contributed by atoms with E-state index in [2.05, 4.69) is 0 Å². The Morgan fingerprint density at radius 1 is 1.14 bits per heavy atom. The van der Waals surface area contributed by atoms with Crippen LogP contribution in [0.5, 0.6) is 0 Å². The molecule has 0 aliphatic heterocycles. The predicted octanol–water partition coefficient (Wildman–Crippen LogP) is 3.14. The second-order valence-electron chi connectivity index (χ2n) is 5.04. The van der Waals surface area contributed by atoms with Crippen LogP contribution < -0.4 is 4.90 Å². The number of benzene rings is 2. The molecule has 1 atom stereocenters. The first-order valence-electron chi connectivity index (χ1n) is 6.68. The first kappa shape index (κ1) is 15.5. The van der Waals surface area contributed by atoms with Gasteiger partial charge in [-0.15, -0.1) is 11.6 Å². The van der Waals surface area contributed by atoms with Gasteiger partial charge >= 0.3 is 0 Å². The fourth-order valence-electron chi connectivity index (χ4n) is 2.32. The number of nitrogens with zero attached hydrogens (tertiary/aromatic N) is 1. The van der Waals surface area contributed by atoms with Gasteiger partial charge in [0.15, 0.2) is 0 Å². The summed E-state index contributed by atoms with van der Waals surface area (Å²) in [6, 6.07) is 16.7. The average molecular weight is 304 g/mol. The summed E-state index contributed by atoms with van der Waals surface area (Å²) in [4.78, 5) is 13.3. The lowest BCUT2D eigenvalue weighted by Gasteiger charge is -2.30. The minimum atomic E-state index is -1.20. The Morgan fingerprint density at radius 3 is 2.33 bits per heavy atom. The highest BCUT2D eigenvalue weighted by Gasteiger charge is 2.29. The molecule has 1 N–H and O–H groups in total. The van der Waals surface area contributed by atoms with Crippen LogP contribution in [0, 0.1) is 0 Å². The zero-order valence-corrected chi connectivity index (χ0v) is 12.8. The van der Waals surface area contributed by atoms with Crippen molar-refractivity contribution >= 4 is 23.2 Å². The van der Waals surface area contributed by atoms with Gasteiger partial charge < -0.3 is 10.0 Å². The number of hydrogen-bond acceptors (Lipinski definition) is 2. The van der Waals surface area contributed by atoms with Gasteiger partial charge in [0.2, 0.25) is 5.91 Å². The van der Waals surface area contributed by atoms with Gasteiger partial charge in [-0.2, -0.15) is 0 Å². The zero-order valence-electron chi connectivity index (χ0n) is 12.1. The molecular formula is C17H18ClNO2. The number of aliphatic hydroxyl groups is 1. The van der Waals surface area contributed by atoms with Crippen molar-refractivity contribution in [3.05, 3.63) is 65.7 Å². The highest BCUT2D eigenvalue weighted by molar-refractivity contribution is 6.29. The Hall–Kier alpha value is -1.84. The second kappa shape index (κ2) is 6.29. The zero-order chi connectivity index (χ0) is 15.5. The molecule has 1 amide bonds. The summed E-state index contributed by atoms with van der Waals surface area (Å²) in [6.07, 6.45) is 0. The van der Waals surface area contributed by atoms with Crippen LogP contribution in [0.3, 0.4) is 0 Å². The Kier molecular flexibility index (Phi) is 4.66. The van der Waals surface area contributed by atoms with E-state index in [9.17, 15) is 9.90 Å². The van der Waals surface area contributed by atoms with Gasteiger partial charge in [-0.25, -0.2) is 0 Å². The number of alkyl halides is 1. The third-order valence-electron chi connectivity index (χ3n) is 3.61. The molecule has 0 saturated heterocycles. The van der Waals surface area contributed by atoms with Crippen molar-refractivity contribution in [3.63, 3.8) is 0 Å². The lowest BCUT2D eigenvalue weighted by molar-refractivity contribution is -0.116. The van der Waals surface area contributed by atoms with E-state index in [0.717, 1.165) is 5.56 Å². The van der Waals surface area contributed by atoms with E-state index in [0.29, 0.717) is 11.3 Å². The summed E-state index contributed by atoms with van der Waals surface area (Å²) in [5.74, 6) is -0.314. The highest BCUT2D eigenvalue weighted by atomic mass is 35.5.